The van der Waals surface area contributed by atoms with E-state index in [4.69, 9.17) is 4.74 Å². The molecule has 37 heavy (non-hydrogen) atoms. The first kappa shape index (κ1) is 29.6. The molecular formula is C27H39FN6O3. The van der Waals surface area contributed by atoms with Gasteiger partial charge in [0.15, 0.2) is 0 Å². The Kier molecular flexibility index (Phi) is 11.4. The molecule has 1 aliphatic rings. The summed E-state index contributed by atoms with van der Waals surface area (Å²) in [7, 11) is 1.54. The summed E-state index contributed by atoms with van der Waals surface area (Å²) in [5.74, 6) is 6.20. The Hall–Kier alpha value is -3.58. The largest absolute Gasteiger partial charge is 0.444 e. The zero-order valence-electron chi connectivity index (χ0n) is 22.6. The number of guanidine groups is 1. The third-order valence-electron chi connectivity index (χ3n) is 5.24. The van der Waals surface area contributed by atoms with Crippen molar-refractivity contribution in [3.63, 3.8) is 0 Å². The molecule has 0 saturated heterocycles. The monoisotopic (exact) mass is 514 g/mol. The highest BCUT2D eigenvalue weighted by molar-refractivity contribution is 5.95. The summed E-state index contributed by atoms with van der Waals surface area (Å²) >= 11 is 0. The number of amides is 2. The van der Waals surface area contributed by atoms with Crippen molar-refractivity contribution in [2.45, 2.75) is 71.7 Å². The summed E-state index contributed by atoms with van der Waals surface area (Å²) in [6.07, 6.45) is 3.09. The van der Waals surface area contributed by atoms with Crippen LogP contribution in [0.15, 0.2) is 41.0 Å². The molecule has 0 radical (unpaired) electrons. The number of rotatable bonds is 9. The van der Waals surface area contributed by atoms with Gasteiger partial charge in [0, 0.05) is 31.9 Å². The van der Waals surface area contributed by atoms with Crippen LogP contribution in [-0.2, 0) is 9.53 Å². The molecule has 1 heterocycles. The van der Waals surface area contributed by atoms with Crippen LogP contribution in [-0.4, -0.2) is 60.8 Å². The molecule has 0 aliphatic carbocycles. The fraction of sp³-hybridized carbons (Fsp3) is 0.519. The molecule has 1 aromatic rings. The van der Waals surface area contributed by atoms with E-state index in [9.17, 15) is 14.0 Å². The van der Waals surface area contributed by atoms with E-state index in [0.29, 0.717) is 31.0 Å². The van der Waals surface area contributed by atoms with Gasteiger partial charge in [0.2, 0.25) is 11.9 Å². The van der Waals surface area contributed by atoms with Crippen LogP contribution < -0.4 is 21.3 Å². The predicted molar refractivity (Wildman–Crippen MR) is 144 cm³/mol. The van der Waals surface area contributed by atoms with Gasteiger partial charge in [-0.3, -0.25) is 15.0 Å². The topological polar surface area (TPSA) is 107 Å². The first-order chi connectivity index (χ1) is 17.5. The third kappa shape index (κ3) is 10.5. The Labute approximate surface area is 219 Å². The van der Waals surface area contributed by atoms with Gasteiger partial charge in [-0.25, -0.2) is 14.2 Å². The number of anilines is 1. The van der Waals surface area contributed by atoms with E-state index in [1.807, 2.05) is 0 Å². The van der Waals surface area contributed by atoms with Gasteiger partial charge in [0.05, 0.1) is 5.57 Å². The van der Waals surface area contributed by atoms with Crippen molar-refractivity contribution in [1.29, 1.82) is 0 Å². The van der Waals surface area contributed by atoms with E-state index in [1.165, 1.54) is 17.0 Å². The second-order valence-corrected chi connectivity index (χ2v) is 9.68. The molecule has 9 nitrogen and oxygen atoms in total. The van der Waals surface area contributed by atoms with Crippen LogP contribution in [0.4, 0.5) is 14.9 Å². The first-order valence-corrected chi connectivity index (χ1v) is 12.5. The average Bonchev–Trinajstić information content (AvgIpc) is 2.83. The number of unbranched alkanes of at least 4 members (excludes halogenated alkanes) is 1. The molecule has 0 bridgehead atoms. The number of benzene rings is 1. The smallest absolute Gasteiger partial charge is 0.410 e. The number of nitrogens with one attached hydrogen (secondary N) is 4. The lowest BCUT2D eigenvalue weighted by Crippen LogP contribution is -2.47. The van der Waals surface area contributed by atoms with Gasteiger partial charge >= 0.3 is 6.09 Å². The highest BCUT2D eigenvalue weighted by atomic mass is 19.1. The maximum Gasteiger partial charge on any atom is 0.410 e. The zero-order chi connectivity index (χ0) is 27.4. The number of nitrogens with zero attached hydrogens (tertiary/aromatic N) is 2. The number of hydrogen-bond acceptors (Lipinski definition) is 7. The van der Waals surface area contributed by atoms with Crippen LogP contribution in [0.5, 0.6) is 0 Å². The molecule has 1 unspecified atom stereocenters. The van der Waals surface area contributed by atoms with Crippen molar-refractivity contribution in [3.05, 3.63) is 41.9 Å². The number of ether oxygens (including phenoxy) is 1. The van der Waals surface area contributed by atoms with E-state index in [1.54, 1.807) is 53.1 Å². The second-order valence-electron chi connectivity index (χ2n) is 9.68. The summed E-state index contributed by atoms with van der Waals surface area (Å²) < 4.78 is 18.8. The van der Waals surface area contributed by atoms with Gasteiger partial charge in [-0.1, -0.05) is 24.8 Å². The van der Waals surface area contributed by atoms with Crippen molar-refractivity contribution >= 4 is 23.6 Å². The fourth-order valence-electron chi connectivity index (χ4n) is 3.14. The Balaban J connectivity index is 1.83. The van der Waals surface area contributed by atoms with Crippen molar-refractivity contribution in [2.24, 2.45) is 4.99 Å². The van der Waals surface area contributed by atoms with Gasteiger partial charge in [-0.15, -0.1) is 0 Å². The average molecular weight is 515 g/mol. The molecule has 0 aromatic heterocycles. The Morgan fingerprint density at radius 1 is 1.30 bits per heavy atom. The lowest BCUT2D eigenvalue weighted by Gasteiger charge is -2.28. The number of carbonyl (C=O) groups is 2. The van der Waals surface area contributed by atoms with Crippen LogP contribution in [0, 0.1) is 17.7 Å². The molecule has 1 aliphatic heterocycles. The van der Waals surface area contributed by atoms with Crippen molar-refractivity contribution in [3.8, 4) is 11.8 Å². The summed E-state index contributed by atoms with van der Waals surface area (Å²) in [6.45, 7) is 10.3. The lowest BCUT2D eigenvalue weighted by molar-refractivity contribution is -0.125. The number of halogens is 1. The minimum Gasteiger partial charge on any atom is -0.444 e. The molecule has 1 aromatic carbocycles. The minimum atomic E-state index is -0.655. The van der Waals surface area contributed by atoms with Gasteiger partial charge < -0.3 is 20.7 Å². The van der Waals surface area contributed by atoms with Gasteiger partial charge in [0.25, 0.3) is 0 Å². The lowest BCUT2D eigenvalue weighted by atomic mass is 10.2. The van der Waals surface area contributed by atoms with E-state index in [-0.39, 0.29) is 17.9 Å². The summed E-state index contributed by atoms with van der Waals surface area (Å²) in [6, 6.07) is 5.51. The summed E-state index contributed by atoms with van der Waals surface area (Å²) in [4.78, 5) is 30.5. The van der Waals surface area contributed by atoms with E-state index in [0.717, 1.165) is 18.5 Å². The van der Waals surface area contributed by atoms with Gasteiger partial charge in [-0.2, -0.15) is 0 Å². The molecule has 202 valence electrons. The highest BCUT2D eigenvalue weighted by Gasteiger charge is 2.26. The van der Waals surface area contributed by atoms with Crippen LogP contribution in [0.1, 0.15) is 53.9 Å². The zero-order valence-corrected chi connectivity index (χ0v) is 22.6. The van der Waals surface area contributed by atoms with Crippen LogP contribution in [0.3, 0.4) is 0 Å². The minimum absolute atomic E-state index is 0.253. The highest BCUT2D eigenvalue weighted by Crippen LogP contribution is 2.13. The van der Waals surface area contributed by atoms with Crippen LogP contribution >= 0.6 is 0 Å². The van der Waals surface area contributed by atoms with Crippen molar-refractivity contribution in [1.82, 2.24) is 20.9 Å². The molecule has 2 amide bonds. The number of aliphatic imine (C=N–C) groups is 1. The molecule has 10 heteroatoms. The normalized spacial score (nSPS) is 15.7. The summed E-state index contributed by atoms with van der Waals surface area (Å²) in [5, 5.41) is 12.3. The fourth-order valence-corrected chi connectivity index (χ4v) is 3.14. The second kappa shape index (κ2) is 14.2. The van der Waals surface area contributed by atoms with Crippen molar-refractivity contribution < 1.29 is 18.7 Å². The summed E-state index contributed by atoms with van der Waals surface area (Å²) in [5.41, 5.74) is 0.756. The molecule has 4 N–H and O–H groups in total. The van der Waals surface area contributed by atoms with Gasteiger partial charge in [0.1, 0.15) is 23.6 Å². The Morgan fingerprint density at radius 2 is 2.05 bits per heavy atom. The predicted octanol–water partition coefficient (Wildman–Crippen LogP) is 3.56. The van der Waals surface area contributed by atoms with Crippen LogP contribution in [0.2, 0.25) is 0 Å². The molecule has 0 fully saturated rings. The molecule has 0 saturated carbocycles. The Morgan fingerprint density at radius 3 is 2.73 bits per heavy atom. The number of carbonyl (C=O) groups excluding carboxylic acids is 2. The standard InChI is InChI=1S/C27H39FN6O3/c1-7-15-29-23-20(18-31-25(33-23)32-22-14-11-13-21(28)17-22)12-9-8-10-16-30-24(35)19(2)34(6)26(36)37-27(3,4)5/h11,13-14,17-19,23,29H,7-8,10,15-16H2,1-6H3,(H,30,35)(H2,31,32,33)/t19-,23?/m0/s1. The maximum atomic E-state index is 13.5. The SMILES string of the molecule is CCCNC1N=C(Nc2cccc(F)c2)NC=C1C#CCCCNC(=O)[C@H](C)N(C)C(=O)OC(C)(C)C. The number of hydrogen-bond donors (Lipinski definition) is 4. The number of likely N-dealkylation sites (N-methyl/N-ethyl adjacent to an activating group) is 1. The third-order valence-corrected chi connectivity index (χ3v) is 5.24. The molecular weight excluding hydrogens is 475 g/mol. The van der Waals surface area contributed by atoms with Gasteiger partial charge in [-0.05, 0) is 65.3 Å². The van der Waals surface area contributed by atoms with Crippen LogP contribution in [0.25, 0.3) is 0 Å². The van der Waals surface area contributed by atoms with E-state index < -0.39 is 17.7 Å². The van der Waals surface area contributed by atoms with E-state index in [2.05, 4.69) is 45.0 Å². The van der Waals surface area contributed by atoms with Crippen molar-refractivity contribution in [2.75, 3.05) is 25.5 Å². The first-order valence-electron chi connectivity index (χ1n) is 12.5. The quantitative estimate of drug-likeness (QED) is 0.297. The Bertz CT molecular complexity index is 1050. The molecule has 2 rings (SSSR count). The maximum absolute atomic E-state index is 13.5. The molecule has 2 atom stereocenters. The van der Waals surface area contributed by atoms with E-state index >= 15 is 0 Å². The molecule has 0 spiro atoms.